The van der Waals surface area contributed by atoms with E-state index in [1.165, 1.54) is 5.56 Å². The van der Waals surface area contributed by atoms with Gasteiger partial charge in [-0.3, -0.25) is 9.59 Å². The summed E-state index contributed by atoms with van der Waals surface area (Å²) < 4.78 is 5.89. The number of benzene rings is 1. The quantitative estimate of drug-likeness (QED) is 0.869. The first kappa shape index (κ1) is 14.5. The molecule has 0 aliphatic carbocycles. The van der Waals surface area contributed by atoms with Gasteiger partial charge in [0.15, 0.2) is 0 Å². The van der Waals surface area contributed by atoms with Crippen molar-refractivity contribution in [1.82, 2.24) is 0 Å². The van der Waals surface area contributed by atoms with Crippen LogP contribution in [0, 0.1) is 11.8 Å². The number of carboxylic acids is 1. The number of nitrogens with zero attached hydrogens (tertiary/aromatic N) is 1. The number of hydrogen-bond donors (Lipinski definition) is 1. The Balaban J connectivity index is 1.67. The summed E-state index contributed by atoms with van der Waals surface area (Å²) in [4.78, 5) is 26.1. The minimum absolute atomic E-state index is 0.151. The third-order valence-electron chi connectivity index (χ3n) is 5.26. The van der Waals surface area contributed by atoms with Gasteiger partial charge in [0, 0.05) is 5.69 Å². The Morgan fingerprint density at radius 1 is 1.35 bits per heavy atom. The van der Waals surface area contributed by atoms with Crippen molar-refractivity contribution < 1.29 is 19.4 Å². The Kier molecular flexibility index (Phi) is 2.94. The van der Waals surface area contributed by atoms with Gasteiger partial charge in [0.1, 0.15) is 11.5 Å². The zero-order chi connectivity index (χ0) is 16.4. The molecule has 2 bridgehead atoms. The average Bonchev–Trinajstić information content (AvgIpc) is 3.15. The topological polar surface area (TPSA) is 66.8 Å². The van der Waals surface area contributed by atoms with Crippen molar-refractivity contribution >= 4 is 17.6 Å². The summed E-state index contributed by atoms with van der Waals surface area (Å²) in [6.45, 7) is 4.62. The Hall–Kier alpha value is -2.14. The first-order chi connectivity index (χ1) is 10.9. The van der Waals surface area contributed by atoms with Crippen molar-refractivity contribution in [3.63, 3.8) is 0 Å². The average molecular weight is 313 g/mol. The van der Waals surface area contributed by atoms with Crippen molar-refractivity contribution in [2.24, 2.45) is 11.8 Å². The van der Waals surface area contributed by atoms with Crippen molar-refractivity contribution in [2.45, 2.75) is 31.5 Å². The minimum atomic E-state index is -0.961. The largest absolute Gasteiger partial charge is 0.481 e. The van der Waals surface area contributed by atoms with Gasteiger partial charge in [-0.15, -0.1) is 0 Å². The molecule has 0 saturated carbocycles. The molecule has 1 aromatic carbocycles. The van der Waals surface area contributed by atoms with E-state index in [0.717, 1.165) is 5.69 Å². The molecule has 23 heavy (non-hydrogen) atoms. The maximum absolute atomic E-state index is 12.9. The highest BCUT2D eigenvalue weighted by Crippen LogP contribution is 2.52. The zero-order valence-electron chi connectivity index (χ0n) is 13.1. The van der Waals surface area contributed by atoms with Crippen LogP contribution < -0.4 is 4.90 Å². The number of aliphatic carboxylic acids is 1. The molecule has 5 nitrogen and oxygen atoms in total. The van der Waals surface area contributed by atoms with Gasteiger partial charge in [0.05, 0.1) is 18.6 Å². The van der Waals surface area contributed by atoms with Crippen LogP contribution in [0.5, 0.6) is 0 Å². The summed E-state index contributed by atoms with van der Waals surface area (Å²) in [5.41, 5.74) is 1.23. The predicted molar refractivity (Wildman–Crippen MR) is 84.2 cm³/mol. The SMILES string of the molecule is CC(C)c1ccc(N2C[C@@]34C=C[C@@H](O3)[C@H](C(=O)O)[C@H]4C2=O)cc1. The van der Waals surface area contributed by atoms with Crippen molar-refractivity contribution in [1.29, 1.82) is 0 Å². The molecule has 0 radical (unpaired) electrons. The van der Waals surface area contributed by atoms with Crippen molar-refractivity contribution in [3.8, 4) is 0 Å². The third-order valence-corrected chi connectivity index (χ3v) is 5.26. The van der Waals surface area contributed by atoms with Gasteiger partial charge in [-0.05, 0) is 23.6 Å². The molecule has 5 heteroatoms. The molecule has 3 aliphatic rings. The van der Waals surface area contributed by atoms with Crippen LogP contribution >= 0.6 is 0 Å². The fraction of sp³-hybridized carbons (Fsp3) is 0.444. The molecule has 1 N–H and O–H groups in total. The van der Waals surface area contributed by atoms with Crippen LogP contribution in [0.15, 0.2) is 36.4 Å². The molecule has 2 saturated heterocycles. The smallest absolute Gasteiger partial charge is 0.310 e. The molecule has 0 aromatic heterocycles. The Bertz CT molecular complexity index is 708. The van der Waals surface area contributed by atoms with Crippen molar-refractivity contribution in [3.05, 3.63) is 42.0 Å². The minimum Gasteiger partial charge on any atom is -0.481 e. The first-order valence-electron chi connectivity index (χ1n) is 7.94. The fourth-order valence-corrected chi connectivity index (χ4v) is 4.04. The first-order valence-corrected chi connectivity index (χ1v) is 7.94. The molecule has 1 amide bonds. The lowest BCUT2D eigenvalue weighted by atomic mass is 9.77. The van der Waals surface area contributed by atoms with E-state index in [9.17, 15) is 14.7 Å². The van der Waals surface area contributed by atoms with Crippen molar-refractivity contribution in [2.75, 3.05) is 11.4 Å². The molecule has 2 fully saturated rings. The van der Waals surface area contributed by atoms with Crippen LogP contribution in [0.25, 0.3) is 0 Å². The molecule has 3 aliphatic heterocycles. The highest BCUT2D eigenvalue weighted by atomic mass is 16.5. The van der Waals surface area contributed by atoms with E-state index >= 15 is 0 Å². The lowest BCUT2D eigenvalue weighted by molar-refractivity contribution is -0.146. The lowest BCUT2D eigenvalue weighted by Crippen LogP contribution is -2.39. The van der Waals surface area contributed by atoms with E-state index in [2.05, 4.69) is 13.8 Å². The van der Waals surface area contributed by atoms with Gasteiger partial charge in [-0.2, -0.15) is 0 Å². The lowest BCUT2D eigenvalue weighted by Gasteiger charge is -2.21. The monoisotopic (exact) mass is 313 g/mol. The Morgan fingerprint density at radius 3 is 2.65 bits per heavy atom. The van der Waals surface area contributed by atoms with Gasteiger partial charge >= 0.3 is 5.97 Å². The van der Waals surface area contributed by atoms with Gasteiger partial charge in [0.2, 0.25) is 5.91 Å². The van der Waals surface area contributed by atoms with E-state index in [1.54, 1.807) is 11.0 Å². The summed E-state index contributed by atoms with van der Waals surface area (Å²) >= 11 is 0. The summed E-state index contributed by atoms with van der Waals surface area (Å²) in [6.07, 6.45) is 3.18. The van der Waals surface area contributed by atoms with Gasteiger partial charge < -0.3 is 14.7 Å². The zero-order valence-corrected chi connectivity index (χ0v) is 13.1. The molecule has 4 atom stereocenters. The molecule has 3 heterocycles. The normalized spacial score (nSPS) is 34.5. The van der Waals surface area contributed by atoms with Crippen LogP contribution in [-0.2, 0) is 14.3 Å². The second kappa shape index (κ2) is 4.68. The fourth-order valence-electron chi connectivity index (χ4n) is 4.04. The maximum Gasteiger partial charge on any atom is 0.310 e. The number of hydrogen-bond acceptors (Lipinski definition) is 3. The molecular weight excluding hydrogens is 294 g/mol. The van der Waals surface area contributed by atoms with Crippen LogP contribution in [0.3, 0.4) is 0 Å². The Labute approximate surface area is 134 Å². The number of carbonyl (C=O) groups excluding carboxylic acids is 1. The van der Waals surface area contributed by atoms with Crippen LogP contribution in [0.1, 0.15) is 25.3 Å². The van der Waals surface area contributed by atoms with E-state index in [-0.39, 0.29) is 5.91 Å². The number of fused-ring (bicyclic) bond motifs is 1. The number of amides is 1. The predicted octanol–water partition coefficient (Wildman–Crippen LogP) is 2.18. The third kappa shape index (κ3) is 1.89. The van der Waals surface area contributed by atoms with E-state index in [1.807, 2.05) is 30.3 Å². The van der Waals surface area contributed by atoms with Crippen LogP contribution in [-0.4, -0.2) is 35.2 Å². The molecule has 120 valence electrons. The van der Waals surface area contributed by atoms with Crippen LogP contribution in [0.2, 0.25) is 0 Å². The van der Waals surface area contributed by atoms with E-state index in [0.29, 0.717) is 12.5 Å². The number of ether oxygens (including phenoxy) is 1. The van der Waals surface area contributed by atoms with E-state index < -0.39 is 29.5 Å². The number of carbonyl (C=O) groups is 2. The van der Waals surface area contributed by atoms with Gasteiger partial charge in [0.25, 0.3) is 0 Å². The summed E-state index contributed by atoms with van der Waals surface area (Å²) in [5, 5.41) is 9.47. The van der Waals surface area contributed by atoms with E-state index in [4.69, 9.17) is 4.74 Å². The summed E-state index contributed by atoms with van der Waals surface area (Å²) in [5.74, 6) is -2.10. The number of anilines is 1. The van der Waals surface area contributed by atoms with Gasteiger partial charge in [-0.25, -0.2) is 0 Å². The second-order valence-electron chi connectivity index (χ2n) is 6.91. The number of rotatable bonds is 3. The summed E-state index contributed by atoms with van der Waals surface area (Å²) in [7, 11) is 0. The highest BCUT2D eigenvalue weighted by molar-refractivity contribution is 6.02. The number of carboxylic acid groups (broad SMARTS) is 1. The van der Waals surface area contributed by atoms with Gasteiger partial charge in [-0.1, -0.05) is 38.1 Å². The molecule has 1 aromatic rings. The molecule has 4 rings (SSSR count). The summed E-state index contributed by atoms with van der Waals surface area (Å²) in [6, 6.07) is 7.89. The van der Waals surface area contributed by atoms with Crippen LogP contribution in [0.4, 0.5) is 5.69 Å². The molecular formula is C18H19NO4. The Morgan fingerprint density at radius 2 is 2.04 bits per heavy atom. The second-order valence-corrected chi connectivity index (χ2v) is 6.91. The molecule has 1 spiro atoms. The standard InChI is InChI=1S/C18H19NO4/c1-10(2)11-3-5-12(6-4-11)19-9-18-8-7-13(23-18)14(17(21)22)15(18)16(19)20/h3-8,10,13-15H,9H2,1-2H3,(H,21,22)/t13-,14+,15+,18-/m1/s1. The molecule has 0 unspecified atom stereocenters. The maximum atomic E-state index is 12.9. The highest BCUT2D eigenvalue weighted by Gasteiger charge is 2.67.